The summed E-state index contributed by atoms with van der Waals surface area (Å²) in [5, 5.41) is 0.410. The fourth-order valence-electron chi connectivity index (χ4n) is 3.04. The van der Waals surface area contributed by atoms with Gasteiger partial charge in [0, 0.05) is 13.5 Å². The Hall–Kier alpha value is -2.22. The van der Waals surface area contributed by atoms with E-state index in [0.29, 0.717) is 45.4 Å². The summed E-state index contributed by atoms with van der Waals surface area (Å²) in [7, 11) is 3.21. The molecule has 0 aromatic heterocycles. The van der Waals surface area contributed by atoms with Gasteiger partial charge in [0.15, 0.2) is 11.5 Å². The molecule has 1 amide bonds. The van der Waals surface area contributed by atoms with Gasteiger partial charge in [0.05, 0.1) is 30.3 Å². The number of halogens is 1. The van der Waals surface area contributed by atoms with Gasteiger partial charge in [-0.25, -0.2) is 0 Å². The first-order valence-corrected chi connectivity index (χ1v) is 11.3. The Bertz CT molecular complexity index is 1040. The van der Waals surface area contributed by atoms with Crippen molar-refractivity contribution in [2.75, 3.05) is 27.4 Å². The van der Waals surface area contributed by atoms with E-state index in [1.165, 1.54) is 22.2 Å². The second-order valence-electron chi connectivity index (χ2n) is 7.09. The molecule has 0 unspecified atom stereocenters. The first kappa shape index (κ1) is 23.4. The zero-order valence-electron chi connectivity index (χ0n) is 17.9. The lowest BCUT2D eigenvalue weighted by Gasteiger charge is -2.14. The highest BCUT2D eigenvalue weighted by atomic mass is 35.5. The van der Waals surface area contributed by atoms with Crippen LogP contribution in [0.3, 0.4) is 0 Å². The van der Waals surface area contributed by atoms with Crippen LogP contribution in [-0.2, 0) is 4.79 Å². The maximum Gasteiger partial charge on any atom is 0.265 e. The molecule has 0 N–H and O–H groups in total. The Labute approximate surface area is 197 Å². The van der Waals surface area contributed by atoms with E-state index in [1.54, 1.807) is 32.4 Å². The maximum atomic E-state index is 12.2. The summed E-state index contributed by atoms with van der Waals surface area (Å²) in [6.45, 7) is 5.04. The number of rotatable bonds is 8. The number of likely N-dealkylation sites (N-methyl/N-ethyl adjacent to an activating group) is 1. The summed E-state index contributed by atoms with van der Waals surface area (Å²) in [5.74, 6) is 1.72. The first-order valence-electron chi connectivity index (χ1n) is 9.72. The number of carbonyl (C=O) groups is 1. The van der Waals surface area contributed by atoms with E-state index in [9.17, 15) is 4.79 Å². The molecule has 164 valence electrons. The zero-order chi connectivity index (χ0) is 22.5. The summed E-state index contributed by atoms with van der Waals surface area (Å²) in [6.07, 6.45) is 2.44. The molecule has 0 bridgehead atoms. The highest BCUT2D eigenvalue weighted by Gasteiger charge is 2.28. The molecule has 0 spiro atoms. The molecule has 1 fully saturated rings. The number of hydrogen-bond donors (Lipinski definition) is 0. The van der Waals surface area contributed by atoms with Gasteiger partial charge in [-0.05, 0) is 49.2 Å². The van der Waals surface area contributed by atoms with E-state index < -0.39 is 0 Å². The smallest absolute Gasteiger partial charge is 0.265 e. The van der Waals surface area contributed by atoms with Gasteiger partial charge in [-0.1, -0.05) is 53.3 Å². The normalized spacial score (nSPS) is 15.0. The second kappa shape index (κ2) is 10.4. The lowest BCUT2D eigenvalue weighted by atomic mass is 10.1. The summed E-state index contributed by atoms with van der Waals surface area (Å²) < 4.78 is 17.7. The van der Waals surface area contributed by atoms with Crippen molar-refractivity contribution in [2.45, 2.75) is 20.3 Å². The molecule has 1 aliphatic heterocycles. The molecule has 0 atom stereocenters. The van der Waals surface area contributed by atoms with Crippen LogP contribution < -0.4 is 14.2 Å². The average Bonchev–Trinajstić information content (AvgIpc) is 2.96. The largest absolute Gasteiger partial charge is 0.493 e. The molecular formula is C23H24ClNO4S2. The van der Waals surface area contributed by atoms with Crippen molar-refractivity contribution in [1.29, 1.82) is 0 Å². The number of methoxy groups -OCH3 is 1. The van der Waals surface area contributed by atoms with Crippen molar-refractivity contribution in [2.24, 2.45) is 0 Å². The van der Waals surface area contributed by atoms with Crippen molar-refractivity contribution in [1.82, 2.24) is 4.90 Å². The van der Waals surface area contributed by atoms with Crippen LogP contribution in [0.4, 0.5) is 0 Å². The van der Waals surface area contributed by atoms with Crippen molar-refractivity contribution in [3.8, 4) is 17.2 Å². The molecule has 0 saturated carbocycles. The predicted octanol–water partition coefficient (Wildman–Crippen LogP) is 5.64. The van der Waals surface area contributed by atoms with E-state index in [0.717, 1.165) is 16.9 Å². The SMILES string of the molecule is COc1cc(/C=C2\SC(=S)N(C)C2=O)cc(Cl)c1OCCCOc1ccc(C)cc1C. The number of hydrogen-bond acceptors (Lipinski definition) is 6. The number of aryl methyl sites for hydroxylation is 2. The molecule has 5 nitrogen and oxygen atoms in total. The number of carbonyl (C=O) groups excluding carboxylic acids is 1. The Kier molecular flexibility index (Phi) is 7.86. The molecule has 31 heavy (non-hydrogen) atoms. The molecule has 8 heteroatoms. The third-order valence-electron chi connectivity index (χ3n) is 4.66. The zero-order valence-corrected chi connectivity index (χ0v) is 20.2. The third kappa shape index (κ3) is 5.73. The highest BCUT2D eigenvalue weighted by molar-refractivity contribution is 8.26. The monoisotopic (exact) mass is 477 g/mol. The fourth-order valence-corrected chi connectivity index (χ4v) is 4.49. The van der Waals surface area contributed by atoms with Gasteiger partial charge in [0.2, 0.25) is 0 Å². The number of nitrogens with zero attached hydrogens (tertiary/aromatic N) is 1. The quantitative estimate of drug-likeness (QED) is 0.278. The molecule has 0 radical (unpaired) electrons. The lowest BCUT2D eigenvalue weighted by Crippen LogP contribution is -2.22. The topological polar surface area (TPSA) is 48.0 Å². The van der Waals surface area contributed by atoms with E-state index >= 15 is 0 Å². The molecule has 0 aliphatic carbocycles. The number of benzene rings is 2. The molecular weight excluding hydrogens is 454 g/mol. The predicted molar refractivity (Wildman–Crippen MR) is 130 cm³/mol. The first-order chi connectivity index (χ1) is 14.8. The minimum Gasteiger partial charge on any atom is -0.493 e. The molecule has 1 heterocycles. The minimum absolute atomic E-state index is 0.130. The van der Waals surface area contributed by atoms with E-state index in [2.05, 4.69) is 13.0 Å². The maximum absolute atomic E-state index is 12.2. The van der Waals surface area contributed by atoms with Gasteiger partial charge in [-0.15, -0.1) is 0 Å². The van der Waals surface area contributed by atoms with Crippen LogP contribution in [0.2, 0.25) is 5.02 Å². The molecule has 2 aromatic rings. The number of ether oxygens (including phenoxy) is 3. The Morgan fingerprint density at radius 2 is 1.87 bits per heavy atom. The van der Waals surface area contributed by atoms with Crippen LogP contribution in [0.15, 0.2) is 35.2 Å². The van der Waals surface area contributed by atoms with Crippen LogP contribution in [-0.4, -0.2) is 42.5 Å². The van der Waals surface area contributed by atoms with Gasteiger partial charge in [0.25, 0.3) is 5.91 Å². The fraction of sp³-hybridized carbons (Fsp3) is 0.304. The van der Waals surface area contributed by atoms with Crippen molar-refractivity contribution >= 4 is 51.9 Å². The van der Waals surface area contributed by atoms with Crippen molar-refractivity contribution in [3.63, 3.8) is 0 Å². The summed E-state index contributed by atoms with van der Waals surface area (Å²) in [6, 6.07) is 9.64. The molecule has 1 saturated heterocycles. The Morgan fingerprint density at radius 3 is 2.52 bits per heavy atom. The van der Waals surface area contributed by atoms with E-state index in [1.807, 2.05) is 19.1 Å². The van der Waals surface area contributed by atoms with Crippen molar-refractivity contribution in [3.05, 3.63) is 56.9 Å². The highest BCUT2D eigenvalue weighted by Crippen LogP contribution is 2.38. The van der Waals surface area contributed by atoms with Crippen LogP contribution in [0, 0.1) is 13.8 Å². The Balaban J connectivity index is 1.61. The van der Waals surface area contributed by atoms with Crippen molar-refractivity contribution < 1.29 is 19.0 Å². The standard InChI is InChI=1S/C23H24ClNO4S2/c1-14-6-7-18(15(2)10-14)28-8-5-9-29-21-17(24)11-16(12-19(21)27-4)13-20-22(26)25(3)23(30)31-20/h6-7,10-13H,5,8-9H2,1-4H3/b20-13-. The van der Waals surface area contributed by atoms with Gasteiger partial charge in [-0.3, -0.25) is 9.69 Å². The number of amides is 1. The van der Waals surface area contributed by atoms with Gasteiger partial charge < -0.3 is 14.2 Å². The van der Waals surface area contributed by atoms with Gasteiger partial charge in [0.1, 0.15) is 10.1 Å². The third-order valence-corrected chi connectivity index (χ3v) is 6.42. The number of thiocarbonyl (C=S) groups is 1. The van der Waals surface area contributed by atoms with E-state index in [4.69, 9.17) is 38.0 Å². The van der Waals surface area contributed by atoms with Crippen LogP contribution in [0.5, 0.6) is 17.2 Å². The summed E-state index contributed by atoms with van der Waals surface area (Å²) in [4.78, 5) is 14.2. The number of thioether (sulfide) groups is 1. The summed E-state index contributed by atoms with van der Waals surface area (Å²) >= 11 is 12.9. The molecule has 3 rings (SSSR count). The average molecular weight is 478 g/mol. The van der Waals surface area contributed by atoms with Gasteiger partial charge in [-0.2, -0.15) is 0 Å². The van der Waals surface area contributed by atoms with E-state index in [-0.39, 0.29) is 5.91 Å². The van der Waals surface area contributed by atoms with Crippen LogP contribution >= 0.6 is 35.6 Å². The minimum atomic E-state index is -0.130. The molecule has 2 aromatic carbocycles. The lowest BCUT2D eigenvalue weighted by molar-refractivity contribution is -0.121. The second-order valence-corrected chi connectivity index (χ2v) is 9.18. The molecule has 1 aliphatic rings. The van der Waals surface area contributed by atoms with Gasteiger partial charge >= 0.3 is 0 Å². The summed E-state index contributed by atoms with van der Waals surface area (Å²) in [5.41, 5.74) is 3.06. The Morgan fingerprint density at radius 1 is 1.13 bits per heavy atom. The van der Waals surface area contributed by atoms with Crippen LogP contribution in [0.25, 0.3) is 6.08 Å². The van der Waals surface area contributed by atoms with Crippen LogP contribution in [0.1, 0.15) is 23.1 Å².